The Labute approximate surface area is 149 Å². The highest BCUT2D eigenvalue weighted by molar-refractivity contribution is 5.31. The fourth-order valence-electron chi connectivity index (χ4n) is 3.71. The number of likely N-dealkylation sites (tertiary alicyclic amines) is 1. The summed E-state index contributed by atoms with van der Waals surface area (Å²) < 4.78 is 2.11. The van der Waals surface area contributed by atoms with Crippen molar-refractivity contribution < 1.29 is 0 Å². The Hall–Kier alpha value is -2.39. The van der Waals surface area contributed by atoms with Gasteiger partial charge in [-0.05, 0) is 56.0 Å². The summed E-state index contributed by atoms with van der Waals surface area (Å²) in [4.78, 5) is 7.14. The van der Waals surface area contributed by atoms with Crippen molar-refractivity contribution >= 4 is 0 Å². The van der Waals surface area contributed by atoms with Crippen LogP contribution in [0.25, 0.3) is 5.69 Å². The van der Waals surface area contributed by atoms with Crippen LogP contribution in [0.3, 0.4) is 0 Å². The first-order valence-electron chi connectivity index (χ1n) is 9.21. The summed E-state index contributed by atoms with van der Waals surface area (Å²) >= 11 is 0. The van der Waals surface area contributed by atoms with E-state index in [2.05, 4.69) is 75.2 Å². The monoisotopic (exact) mass is 331 g/mol. The van der Waals surface area contributed by atoms with Gasteiger partial charge in [-0.25, -0.2) is 4.98 Å². The van der Waals surface area contributed by atoms with Crippen LogP contribution in [0.1, 0.15) is 24.1 Å². The fraction of sp³-hybridized carbons (Fsp3) is 0.318. The van der Waals surface area contributed by atoms with Crippen LogP contribution in [0.2, 0.25) is 0 Å². The lowest BCUT2D eigenvalue weighted by atomic mass is 9.90. The zero-order chi connectivity index (χ0) is 16.9. The minimum absolute atomic E-state index is 0.820. The van der Waals surface area contributed by atoms with Crippen LogP contribution >= 0.6 is 0 Å². The second-order valence-corrected chi connectivity index (χ2v) is 7.02. The van der Waals surface area contributed by atoms with E-state index >= 15 is 0 Å². The maximum Gasteiger partial charge on any atom is 0.0995 e. The molecule has 0 aliphatic carbocycles. The Morgan fingerprint density at radius 1 is 0.880 bits per heavy atom. The number of para-hydroxylation sites is 1. The van der Waals surface area contributed by atoms with Gasteiger partial charge in [0.1, 0.15) is 0 Å². The van der Waals surface area contributed by atoms with E-state index in [1.165, 1.54) is 43.6 Å². The first-order chi connectivity index (χ1) is 12.4. The molecule has 128 valence electrons. The van der Waals surface area contributed by atoms with E-state index in [0.717, 1.165) is 18.2 Å². The highest BCUT2D eigenvalue weighted by Crippen LogP contribution is 2.22. The van der Waals surface area contributed by atoms with Crippen molar-refractivity contribution in [1.82, 2.24) is 14.5 Å². The molecule has 0 amide bonds. The summed E-state index contributed by atoms with van der Waals surface area (Å²) in [5.74, 6) is 0.820. The summed E-state index contributed by atoms with van der Waals surface area (Å²) in [6.45, 7) is 3.31. The van der Waals surface area contributed by atoms with Gasteiger partial charge in [-0.2, -0.15) is 0 Å². The van der Waals surface area contributed by atoms with Gasteiger partial charge in [0, 0.05) is 18.4 Å². The molecule has 25 heavy (non-hydrogen) atoms. The number of benzene rings is 2. The smallest absolute Gasteiger partial charge is 0.0995 e. The van der Waals surface area contributed by atoms with Crippen LogP contribution in [-0.2, 0) is 13.0 Å². The van der Waals surface area contributed by atoms with E-state index in [9.17, 15) is 0 Å². The number of nitrogens with zero attached hydrogens (tertiary/aromatic N) is 3. The lowest BCUT2D eigenvalue weighted by Gasteiger charge is -2.31. The Kier molecular flexibility index (Phi) is 4.93. The van der Waals surface area contributed by atoms with Gasteiger partial charge in [0.15, 0.2) is 0 Å². The predicted molar refractivity (Wildman–Crippen MR) is 102 cm³/mol. The molecule has 1 aliphatic rings. The van der Waals surface area contributed by atoms with Gasteiger partial charge in [-0.1, -0.05) is 48.5 Å². The molecular formula is C22H25N3. The SMILES string of the molecule is c1ccc(CC2CCN(Cc3cn(-c4ccccc4)cn3)CC2)cc1. The Balaban J connectivity index is 1.30. The number of rotatable bonds is 5. The van der Waals surface area contributed by atoms with E-state index in [4.69, 9.17) is 0 Å². The maximum atomic E-state index is 4.59. The normalized spacial score (nSPS) is 16.2. The fourth-order valence-corrected chi connectivity index (χ4v) is 3.71. The molecule has 3 aromatic rings. The number of hydrogen-bond acceptors (Lipinski definition) is 2. The Morgan fingerprint density at radius 2 is 1.56 bits per heavy atom. The minimum Gasteiger partial charge on any atom is -0.306 e. The minimum atomic E-state index is 0.820. The van der Waals surface area contributed by atoms with Gasteiger partial charge in [-0.15, -0.1) is 0 Å². The Bertz CT molecular complexity index is 771. The molecule has 1 aromatic heterocycles. The molecule has 1 fully saturated rings. The van der Waals surface area contributed by atoms with Crippen molar-refractivity contribution in [2.75, 3.05) is 13.1 Å². The standard InChI is InChI=1S/C22H25N3/c1-3-7-19(8-4-1)15-20-11-13-24(14-12-20)16-21-17-25(18-23-21)22-9-5-2-6-10-22/h1-10,17-18,20H,11-16H2. The molecule has 0 atom stereocenters. The molecular weight excluding hydrogens is 306 g/mol. The van der Waals surface area contributed by atoms with Gasteiger partial charge in [0.2, 0.25) is 0 Å². The van der Waals surface area contributed by atoms with Gasteiger partial charge >= 0.3 is 0 Å². The highest BCUT2D eigenvalue weighted by atomic mass is 15.1. The summed E-state index contributed by atoms with van der Waals surface area (Å²) in [6, 6.07) is 21.3. The van der Waals surface area contributed by atoms with Crippen molar-refractivity contribution in [1.29, 1.82) is 0 Å². The third kappa shape index (κ3) is 4.18. The third-order valence-electron chi connectivity index (χ3n) is 5.15. The van der Waals surface area contributed by atoms with Crippen LogP contribution in [0.15, 0.2) is 73.2 Å². The number of piperidine rings is 1. The Morgan fingerprint density at radius 3 is 2.28 bits per heavy atom. The highest BCUT2D eigenvalue weighted by Gasteiger charge is 2.20. The zero-order valence-corrected chi connectivity index (χ0v) is 14.6. The predicted octanol–water partition coefficient (Wildman–Crippen LogP) is 4.33. The van der Waals surface area contributed by atoms with Gasteiger partial charge in [-0.3, -0.25) is 4.90 Å². The quantitative estimate of drug-likeness (QED) is 0.694. The third-order valence-corrected chi connectivity index (χ3v) is 5.15. The van der Waals surface area contributed by atoms with Crippen molar-refractivity contribution in [3.05, 3.63) is 84.4 Å². The molecule has 3 heteroatoms. The second-order valence-electron chi connectivity index (χ2n) is 7.02. The van der Waals surface area contributed by atoms with E-state index in [-0.39, 0.29) is 0 Å². The van der Waals surface area contributed by atoms with Crippen molar-refractivity contribution in [3.63, 3.8) is 0 Å². The molecule has 2 aromatic carbocycles. The average molecular weight is 331 g/mol. The average Bonchev–Trinajstić information content (AvgIpc) is 3.14. The van der Waals surface area contributed by atoms with Crippen LogP contribution in [0.5, 0.6) is 0 Å². The molecule has 1 saturated heterocycles. The topological polar surface area (TPSA) is 21.1 Å². The van der Waals surface area contributed by atoms with Crippen molar-refractivity contribution in [2.24, 2.45) is 5.92 Å². The van der Waals surface area contributed by atoms with Crippen LogP contribution in [0, 0.1) is 5.92 Å². The van der Waals surface area contributed by atoms with Crippen molar-refractivity contribution in [3.8, 4) is 5.69 Å². The summed E-state index contributed by atoms with van der Waals surface area (Å²) in [5.41, 5.74) is 3.80. The molecule has 0 spiro atoms. The first-order valence-corrected chi connectivity index (χ1v) is 9.21. The molecule has 3 nitrogen and oxygen atoms in total. The van der Waals surface area contributed by atoms with Gasteiger partial charge < -0.3 is 4.57 Å². The summed E-state index contributed by atoms with van der Waals surface area (Å²) in [7, 11) is 0. The van der Waals surface area contributed by atoms with E-state index < -0.39 is 0 Å². The molecule has 0 saturated carbocycles. The van der Waals surface area contributed by atoms with Gasteiger partial charge in [0.05, 0.1) is 12.0 Å². The van der Waals surface area contributed by atoms with E-state index in [1.54, 1.807) is 0 Å². The van der Waals surface area contributed by atoms with Crippen LogP contribution < -0.4 is 0 Å². The summed E-state index contributed by atoms with van der Waals surface area (Å²) in [5, 5.41) is 0. The summed E-state index contributed by atoms with van der Waals surface area (Å²) in [6.07, 6.45) is 7.87. The number of hydrogen-bond donors (Lipinski definition) is 0. The zero-order valence-electron chi connectivity index (χ0n) is 14.6. The van der Waals surface area contributed by atoms with Crippen LogP contribution in [0.4, 0.5) is 0 Å². The van der Waals surface area contributed by atoms with E-state index in [1.807, 2.05) is 12.4 Å². The van der Waals surface area contributed by atoms with E-state index in [0.29, 0.717) is 0 Å². The second kappa shape index (κ2) is 7.66. The maximum absolute atomic E-state index is 4.59. The molecule has 0 bridgehead atoms. The first kappa shape index (κ1) is 16.1. The number of imidazole rings is 1. The molecule has 0 radical (unpaired) electrons. The molecule has 0 N–H and O–H groups in total. The lowest BCUT2D eigenvalue weighted by Crippen LogP contribution is -2.33. The molecule has 2 heterocycles. The number of aromatic nitrogens is 2. The van der Waals surface area contributed by atoms with Crippen LogP contribution in [-0.4, -0.2) is 27.5 Å². The lowest BCUT2D eigenvalue weighted by molar-refractivity contribution is 0.175. The van der Waals surface area contributed by atoms with Crippen molar-refractivity contribution in [2.45, 2.75) is 25.8 Å². The molecule has 0 unspecified atom stereocenters. The molecule has 4 rings (SSSR count). The molecule has 1 aliphatic heterocycles. The largest absolute Gasteiger partial charge is 0.306 e. The van der Waals surface area contributed by atoms with Gasteiger partial charge in [0.25, 0.3) is 0 Å².